The van der Waals surface area contributed by atoms with Gasteiger partial charge in [0, 0.05) is 19.1 Å². The fraction of sp³-hybridized carbons (Fsp3) is 0.846. The van der Waals surface area contributed by atoms with Crippen LogP contribution in [0.15, 0.2) is 0 Å². The summed E-state index contributed by atoms with van der Waals surface area (Å²) in [7, 11) is 0. The number of aliphatic hydroxyl groups is 1. The lowest BCUT2D eigenvalue weighted by Crippen LogP contribution is -2.40. The summed E-state index contributed by atoms with van der Waals surface area (Å²) in [6, 6.07) is -0.0675. The molecule has 1 unspecified atom stereocenters. The number of amides is 2. The first-order valence-electron chi connectivity index (χ1n) is 6.58. The molecular weight excluding hydrogens is 218 g/mol. The van der Waals surface area contributed by atoms with Gasteiger partial charge in [-0.3, -0.25) is 14.5 Å². The van der Waals surface area contributed by atoms with Crippen molar-refractivity contribution in [2.24, 2.45) is 5.41 Å². The summed E-state index contributed by atoms with van der Waals surface area (Å²) >= 11 is 0. The van der Waals surface area contributed by atoms with Crippen molar-refractivity contribution in [2.45, 2.75) is 57.9 Å². The van der Waals surface area contributed by atoms with Gasteiger partial charge in [0.05, 0.1) is 5.41 Å². The van der Waals surface area contributed by atoms with Crippen LogP contribution in [0, 0.1) is 5.41 Å². The average Bonchev–Trinajstić information content (AvgIpc) is 2.84. The highest BCUT2D eigenvalue weighted by Gasteiger charge is 2.53. The van der Waals surface area contributed by atoms with Gasteiger partial charge in [0.15, 0.2) is 0 Å². The third kappa shape index (κ3) is 2.10. The van der Waals surface area contributed by atoms with E-state index in [9.17, 15) is 9.59 Å². The molecule has 1 aliphatic carbocycles. The summed E-state index contributed by atoms with van der Waals surface area (Å²) in [4.78, 5) is 25.8. The predicted octanol–water partition coefficient (Wildman–Crippen LogP) is 1.47. The van der Waals surface area contributed by atoms with Gasteiger partial charge >= 0.3 is 0 Å². The minimum absolute atomic E-state index is 0.0117. The summed E-state index contributed by atoms with van der Waals surface area (Å²) in [6.45, 7) is 2.02. The minimum Gasteiger partial charge on any atom is -0.396 e. The largest absolute Gasteiger partial charge is 0.396 e. The third-order valence-corrected chi connectivity index (χ3v) is 4.21. The maximum atomic E-state index is 12.4. The van der Waals surface area contributed by atoms with Crippen LogP contribution < -0.4 is 0 Å². The standard InChI is InChI=1S/C13H21NO3/c1-10(5-4-8-15)14-11(16)9-13(12(14)17)6-2-3-7-13/h10,15H,2-9H2,1H3. The Balaban J connectivity index is 2.08. The number of carbonyl (C=O) groups excluding carboxylic acids is 2. The number of hydrogen-bond donors (Lipinski definition) is 1. The number of rotatable bonds is 4. The van der Waals surface area contributed by atoms with Gasteiger partial charge < -0.3 is 5.11 Å². The molecule has 0 radical (unpaired) electrons. The fourth-order valence-electron chi connectivity index (χ4n) is 3.22. The molecule has 1 saturated carbocycles. The van der Waals surface area contributed by atoms with Gasteiger partial charge in [-0.25, -0.2) is 0 Å². The van der Waals surface area contributed by atoms with Crippen LogP contribution in [0.2, 0.25) is 0 Å². The Morgan fingerprint density at radius 2 is 2.00 bits per heavy atom. The molecule has 1 N–H and O–H groups in total. The Kier molecular flexibility index (Phi) is 3.52. The molecular formula is C13H21NO3. The van der Waals surface area contributed by atoms with E-state index in [2.05, 4.69) is 0 Å². The molecule has 1 saturated heterocycles. The quantitative estimate of drug-likeness (QED) is 0.756. The summed E-state index contributed by atoms with van der Waals surface area (Å²) in [5.74, 6) is 0.0350. The highest BCUT2D eigenvalue weighted by Crippen LogP contribution is 2.47. The van der Waals surface area contributed by atoms with Crippen molar-refractivity contribution in [1.29, 1.82) is 0 Å². The molecule has 2 aliphatic rings. The number of nitrogens with zero attached hydrogens (tertiary/aromatic N) is 1. The summed E-state index contributed by atoms with van der Waals surface area (Å²) in [6.07, 6.45) is 5.64. The number of imide groups is 1. The number of likely N-dealkylation sites (tertiary alicyclic amines) is 1. The van der Waals surface area contributed by atoms with Crippen LogP contribution in [0.3, 0.4) is 0 Å². The highest BCUT2D eigenvalue weighted by atomic mass is 16.3. The van der Waals surface area contributed by atoms with E-state index in [-0.39, 0.29) is 29.9 Å². The van der Waals surface area contributed by atoms with E-state index in [4.69, 9.17) is 5.11 Å². The first-order valence-corrected chi connectivity index (χ1v) is 6.58. The molecule has 0 aromatic carbocycles. The van der Waals surface area contributed by atoms with Crippen LogP contribution in [0.5, 0.6) is 0 Å². The smallest absolute Gasteiger partial charge is 0.236 e. The second-order valence-electron chi connectivity index (χ2n) is 5.45. The Morgan fingerprint density at radius 3 is 2.59 bits per heavy atom. The van der Waals surface area contributed by atoms with Gasteiger partial charge in [0.25, 0.3) is 0 Å². The van der Waals surface area contributed by atoms with E-state index in [0.29, 0.717) is 19.3 Å². The Morgan fingerprint density at radius 1 is 1.35 bits per heavy atom. The van der Waals surface area contributed by atoms with Crippen LogP contribution >= 0.6 is 0 Å². The van der Waals surface area contributed by atoms with E-state index in [0.717, 1.165) is 25.7 Å². The topological polar surface area (TPSA) is 57.6 Å². The monoisotopic (exact) mass is 239 g/mol. The van der Waals surface area contributed by atoms with E-state index in [1.54, 1.807) is 0 Å². The Bertz CT molecular complexity index is 321. The van der Waals surface area contributed by atoms with Crippen molar-refractivity contribution in [3.05, 3.63) is 0 Å². The summed E-state index contributed by atoms with van der Waals surface area (Å²) < 4.78 is 0. The molecule has 1 atom stereocenters. The lowest BCUT2D eigenvalue weighted by atomic mass is 9.84. The maximum Gasteiger partial charge on any atom is 0.236 e. The van der Waals surface area contributed by atoms with Crippen molar-refractivity contribution < 1.29 is 14.7 Å². The zero-order valence-corrected chi connectivity index (χ0v) is 10.4. The van der Waals surface area contributed by atoms with Crippen LogP contribution in [-0.2, 0) is 9.59 Å². The summed E-state index contributed by atoms with van der Waals surface area (Å²) in [5, 5.41) is 8.81. The van der Waals surface area contributed by atoms with Crippen molar-refractivity contribution in [2.75, 3.05) is 6.61 Å². The molecule has 2 fully saturated rings. The molecule has 2 amide bonds. The molecule has 0 bridgehead atoms. The van der Waals surface area contributed by atoms with Gasteiger partial charge in [0.1, 0.15) is 0 Å². The van der Waals surface area contributed by atoms with Gasteiger partial charge in [-0.1, -0.05) is 12.8 Å². The maximum absolute atomic E-state index is 12.4. The van der Waals surface area contributed by atoms with Crippen molar-refractivity contribution in [3.8, 4) is 0 Å². The molecule has 2 rings (SSSR count). The average molecular weight is 239 g/mol. The molecule has 0 aromatic heterocycles. The van der Waals surface area contributed by atoms with Crippen molar-refractivity contribution >= 4 is 11.8 Å². The lowest BCUT2D eigenvalue weighted by Gasteiger charge is -2.25. The van der Waals surface area contributed by atoms with Gasteiger partial charge in [-0.15, -0.1) is 0 Å². The van der Waals surface area contributed by atoms with Crippen LogP contribution in [0.25, 0.3) is 0 Å². The number of aliphatic hydroxyl groups excluding tert-OH is 1. The van der Waals surface area contributed by atoms with E-state index in [1.165, 1.54) is 4.90 Å². The van der Waals surface area contributed by atoms with E-state index >= 15 is 0 Å². The molecule has 1 spiro atoms. The van der Waals surface area contributed by atoms with Crippen LogP contribution in [0.1, 0.15) is 51.9 Å². The zero-order chi connectivity index (χ0) is 12.5. The SMILES string of the molecule is CC(CCCO)N1C(=O)CC2(CCCC2)C1=O. The molecule has 0 aromatic rings. The van der Waals surface area contributed by atoms with Gasteiger partial charge in [-0.2, -0.15) is 0 Å². The second-order valence-corrected chi connectivity index (χ2v) is 5.45. The van der Waals surface area contributed by atoms with Gasteiger partial charge in [0.2, 0.25) is 11.8 Å². The van der Waals surface area contributed by atoms with Gasteiger partial charge in [-0.05, 0) is 32.6 Å². The molecule has 1 heterocycles. The number of carbonyl (C=O) groups is 2. The molecule has 4 heteroatoms. The molecule has 1 aliphatic heterocycles. The second kappa shape index (κ2) is 4.77. The first-order chi connectivity index (χ1) is 8.10. The van der Waals surface area contributed by atoms with E-state index in [1.807, 2.05) is 6.92 Å². The normalized spacial score (nSPS) is 24.9. The highest BCUT2D eigenvalue weighted by molar-refractivity contribution is 6.06. The molecule has 4 nitrogen and oxygen atoms in total. The number of hydrogen-bond acceptors (Lipinski definition) is 3. The minimum atomic E-state index is -0.357. The van der Waals surface area contributed by atoms with Crippen molar-refractivity contribution in [3.63, 3.8) is 0 Å². The Hall–Kier alpha value is -0.900. The van der Waals surface area contributed by atoms with E-state index < -0.39 is 0 Å². The lowest BCUT2D eigenvalue weighted by molar-refractivity contribution is -0.143. The molecule has 96 valence electrons. The molecule has 17 heavy (non-hydrogen) atoms. The van der Waals surface area contributed by atoms with Crippen molar-refractivity contribution in [1.82, 2.24) is 4.90 Å². The van der Waals surface area contributed by atoms with Crippen LogP contribution in [-0.4, -0.2) is 34.5 Å². The third-order valence-electron chi connectivity index (χ3n) is 4.21. The summed E-state index contributed by atoms with van der Waals surface area (Å²) in [5.41, 5.74) is -0.357. The van der Waals surface area contributed by atoms with Crippen LogP contribution in [0.4, 0.5) is 0 Å². The predicted molar refractivity (Wildman–Crippen MR) is 63.2 cm³/mol. The fourth-order valence-corrected chi connectivity index (χ4v) is 3.22. The first kappa shape index (κ1) is 12.6. The Labute approximate surface area is 102 Å². The zero-order valence-electron chi connectivity index (χ0n) is 10.4.